The third-order valence-electron chi connectivity index (χ3n) is 6.93. The molecule has 3 amide bonds. The van der Waals surface area contributed by atoms with Crippen LogP contribution in [0.1, 0.15) is 37.5 Å². The zero-order chi connectivity index (χ0) is 26.8. The molecule has 0 radical (unpaired) electrons. The van der Waals surface area contributed by atoms with Crippen LogP contribution in [0.15, 0.2) is 66.9 Å². The highest BCUT2D eigenvalue weighted by Crippen LogP contribution is 2.36. The molecule has 0 saturated carbocycles. The monoisotopic (exact) mass is 550 g/mol. The molecule has 2 aromatic heterocycles. The van der Waals surface area contributed by atoms with Gasteiger partial charge in [-0.15, -0.1) is 12.4 Å². The molecule has 4 aromatic rings. The number of carbonyl (C=O) groups excluding carboxylic acids is 2. The maximum absolute atomic E-state index is 14.5. The first kappa shape index (κ1) is 27.8. The maximum Gasteiger partial charge on any atom is 0.411 e. The van der Waals surface area contributed by atoms with Gasteiger partial charge >= 0.3 is 6.09 Å². The van der Waals surface area contributed by atoms with Crippen molar-refractivity contribution in [2.75, 3.05) is 26.2 Å². The highest BCUT2D eigenvalue weighted by atomic mass is 35.5. The predicted octanol–water partition coefficient (Wildman–Crippen LogP) is 4.52. The fraction of sp³-hybridized carbons (Fsp3) is 0.207. The first-order valence-corrected chi connectivity index (χ1v) is 12.4. The van der Waals surface area contributed by atoms with E-state index in [4.69, 9.17) is 5.11 Å². The normalized spacial score (nSPS) is 13.1. The van der Waals surface area contributed by atoms with Crippen molar-refractivity contribution in [2.45, 2.75) is 13.3 Å². The van der Waals surface area contributed by atoms with Gasteiger partial charge in [-0.05, 0) is 47.4 Å². The van der Waals surface area contributed by atoms with Crippen LogP contribution in [0.25, 0.3) is 16.6 Å². The van der Waals surface area contributed by atoms with E-state index in [0.29, 0.717) is 54.9 Å². The van der Waals surface area contributed by atoms with Crippen molar-refractivity contribution in [2.24, 2.45) is 0 Å². The predicted molar refractivity (Wildman–Crippen MR) is 148 cm³/mol. The summed E-state index contributed by atoms with van der Waals surface area (Å²) in [5.41, 5.74) is 4.79. The Morgan fingerprint density at radius 1 is 1.00 bits per heavy atom. The molecule has 0 aliphatic carbocycles. The molecule has 2 aromatic carbocycles. The minimum Gasteiger partial charge on any atom is -0.465 e. The number of benzene rings is 2. The van der Waals surface area contributed by atoms with Crippen LogP contribution < -0.4 is 10.6 Å². The summed E-state index contributed by atoms with van der Waals surface area (Å²) in [6.45, 7) is 4.07. The zero-order valence-electron chi connectivity index (χ0n) is 21.2. The lowest BCUT2D eigenvalue weighted by atomic mass is 9.93. The third kappa shape index (κ3) is 5.50. The quantitative estimate of drug-likeness (QED) is 0.339. The summed E-state index contributed by atoms with van der Waals surface area (Å²) in [4.78, 5) is 39.5. The second-order valence-electron chi connectivity index (χ2n) is 9.24. The minimum absolute atomic E-state index is 0. The van der Waals surface area contributed by atoms with Gasteiger partial charge in [0.1, 0.15) is 11.5 Å². The highest BCUT2D eigenvalue weighted by molar-refractivity contribution is 6.04. The van der Waals surface area contributed by atoms with Crippen LogP contribution in [0, 0.1) is 12.7 Å². The SMILES string of the molecule is Cc1c(F)cccc1Cc1c(-c2ccccc2)c2ccc(C(=O)NC(=O)O)cn2c1C(=O)N1CCNCC1.Cl. The van der Waals surface area contributed by atoms with Gasteiger partial charge in [-0.2, -0.15) is 0 Å². The molecule has 39 heavy (non-hydrogen) atoms. The Morgan fingerprint density at radius 3 is 2.41 bits per heavy atom. The molecule has 1 fully saturated rings. The Bertz CT molecular complexity index is 1550. The van der Waals surface area contributed by atoms with Gasteiger partial charge in [-0.25, -0.2) is 9.18 Å². The number of rotatable bonds is 5. The van der Waals surface area contributed by atoms with Gasteiger partial charge in [-0.1, -0.05) is 42.5 Å². The van der Waals surface area contributed by atoms with Crippen LogP contribution in [-0.4, -0.2) is 58.5 Å². The molecule has 0 atom stereocenters. The largest absolute Gasteiger partial charge is 0.465 e. The van der Waals surface area contributed by atoms with Crippen molar-refractivity contribution in [3.05, 3.63) is 101 Å². The van der Waals surface area contributed by atoms with Gasteiger partial charge < -0.3 is 19.7 Å². The lowest BCUT2D eigenvalue weighted by Gasteiger charge is -2.28. The summed E-state index contributed by atoms with van der Waals surface area (Å²) in [5, 5.41) is 14.2. The molecule has 0 spiro atoms. The number of aromatic nitrogens is 1. The topological polar surface area (TPSA) is 103 Å². The number of nitrogens with zero attached hydrogens (tertiary/aromatic N) is 2. The van der Waals surface area contributed by atoms with Crippen molar-refractivity contribution in [3.63, 3.8) is 0 Å². The van der Waals surface area contributed by atoms with Gasteiger partial charge in [0.15, 0.2) is 0 Å². The number of carboxylic acid groups (broad SMARTS) is 1. The van der Waals surface area contributed by atoms with Gasteiger partial charge in [-0.3, -0.25) is 14.9 Å². The highest BCUT2D eigenvalue weighted by Gasteiger charge is 2.29. The number of nitrogens with one attached hydrogen (secondary N) is 2. The van der Waals surface area contributed by atoms with Crippen LogP contribution in [0.3, 0.4) is 0 Å². The average Bonchev–Trinajstić information content (AvgIpc) is 3.24. The third-order valence-corrected chi connectivity index (χ3v) is 6.93. The van der Waals surface area contributed by atoms with Gasteiger partial charge in [0.2, 0.25) is 0 Å². The number of piperazine rings is 1. The summed E-state index contributed by atoms with van der Waals surface area (Å²) in [5.74, 6) is -1.32. The fourth-order valence-electron chi connectivity index (χ4n) is 4.99. The van der Waals surface area contributed by atoms with Crippen molar-refractivity contribution in [3.8, 4) is 11.1 Å². The molecule has 3 heterocycles. The first-order valence-electron chi connectivity index (χ1n) is 12.4. The molecule has 1 aliphatic heterocycles. The van der Waals surface area contributed by atoms with Crippen molar-refractivity contribution < 1.29 is 23.9 Å². The van der Waals surface area contributed by atoms with E-state index in [1.807, 2.05) is 41.7 Å². The average molecular weight is 551 g/mol. The van der Waals surface area contributed by atoms with E-state index in [1.165, 1.54) is 18.3 Å². The van der Waals surface area contributed by atoms with Crippen LogP contribution in [0.5, 0.6) is 0 Å². The van der Waals surface area contributed by atoms with Crippen molar-refractivity contribution >= 4 is 35.8 Å². The summed E-state index contributed by atoms with van der Waals surface area (Å²) in [6, 6.07) is 17.8. The molecule has 1 aliphatic rings. The number of amides is 3. The van der Waals surface area contributed by atoms with Crippen LogP contribution >= 0.6 is 12.4 Å². The molecule has 0 unspecified atom stereocenters. The standard InChI is InChI=1S/C29H27FN4O4.ClH/c1-18-20(8-5-9-23(18)30)16-22-25(19-6-3-2-4-7-19)24-11-10-21(27(35)32-29(37)38)17-34(24)26(22)28(36)33-14-12-31-13-15-33;/h2-11,17,31H,12-16H2,1H3,(H,32,35)(H,37,38);1H. The van der Waals surface area contributed by atoms with Gasteiger partial charge in [0, 0.05) is 44.4 Å². The van der Waals surface area contributed by atoms with Crippen molar-refractivity contribution in [1.82, 2.24) is 19.9 Å². The molecule has 10 heteroatoms. The fourth-order valence-corrected chi connectivity index (χ4v) is 4.99. The van der Waals surface area contributed by atoms with E-state index >= 15 is 0 Å². The molecular weight excluding hydrogens is 523 g/mol. The Balaban J connectivity index is 0.00000353. The second-order valence-corrected chi connectivity index (χ2v) is 9.24. The Morgan fingerprint density at radius 2 is 1.72 bits per heavy atom. The Hall–Kier alpha value is -4.21. The van der Waals surface area contributed by atoms with E-state index in [-0.39, 0.29) is 29.7 Å². The van der Waals surface area contributed by atoms with E-state index in [1.54, 1.807) is 28.4 Å². The lowest BCUT2D eigenvalue weighted by molar-refractivity contribution is 0.0727. The maximum atomic E-state index is 14.5. The van der Waals surface area contributed by atoms with Crippen molar-refractivity contribution in [1.29, 1.82) is 0 Å². The second kappa shape index (κ2) is 11.7. The van der Waals surface area contributed by atoms with E-state index < -0.39 is 12.0 Å². The van der Waals surface area contributed by atoms with Crippen LogP contribution in [0.4, 0.5) is 9.18 Å². The lowest BCUT2D eigenvalue weighted by Crippen LogP contribution is -2.46. The van der Waals surface area contributed by atoms with Crippen LogP contribution in [-0.2, 0) is 6.42 Å². The Labute approximate surface area is 230 Å². The number of imide groups is 1. The van der Waals surface area contributed by atoms with Crippen LogP contribution in [0.2, 0.25) is 0 Å². The van der Waals surface area contributed by atoms with Gasteiger partial charge in [0.05, 0.1) is 11.1 Å². The summed E-state index contributed by atoms with van der Waals surface area (Å²) >= 11 is 0. The Kier molecular flexibility index (Phi) is 8.32. The molecule has 3 N–H and O–H groups in total. The number of pyridine rings is 1. The molecule has 0 bridgehead atoms. The van der Waals surface area contributed by atoms with E-state index in [2.05, 4.69) is 5.32 Å². The number of hydrogen-bond donors (Lipinski definition) is 3. The van der Waals surface area contributed by atoms with Gasteiger partial charge in [0.25, 0.3) is 11.8 Å². The summed E-state index contributed by atoms with van der Waals surface area (Å²) < 4.78 is 16.2. The molecular formula is C29H28ClFN4O4. The minimum atomic E-state index is -1.47. The molecule has 5 rings (SSSR count). The number of carbonyl (C=O) groups is 3. The molecule has 202 valence electrons. The molecule has 1 saturated heterocycles. The zero-order valence-corrected chi connectivity index (χ0v) is 22.1. The number of halogens is 2. The molecule has 8 nitrogen and oxygen atoms in total. The smallest absolute Gasteiger partial charge is 0.411 e. The summed E-state index contributed by atoms with van der Waals surface area (Å²) in [7, 11) is 0. The van der Waals surface area contributed by atoms with E-state index in [9.17, 15) is 18.8 Å². The first-order chi connectivity index (χ1) is 18.3. The number of fused-ring (bicyclic) bond motifs is 1. The van der Waals surface area contributed by atoms with E-state index in [0.717, 1.165) is 16.7 Å². The summed E-state index contributed by atoms with van der Waals surface area (Å²) in [6.07, 6.45) is 0.323. The number of hydrogen-bond acceptors (Lipinski definition) is 4.